The molecule has 1 aromatic carbocycles. The minimum Gasteiger partial charge on any atom is -0.508 e. The summed E-state index contributed by atoms with van der Waals surface area (Å²) in [5.74, 6) is -0.204. The van der Waals surface area contributed by atoms with Gasteiger partial charge in [-0.3, -0.25) is 9.59 Å². The molecule has 4 N–H and O–H groups in total. The first-order valence-corrected chi connectivity index (χ1v) is 9.43. The number of carbonyl (C=O) groups is 2. The van der Waals surface area contributed by atoms with Crippen LogP contribution in [0.3, 0.4) is 0 Å². The van der Waals surface area contributed by atoms with Gasteiger partial charge in [0.05, 0.1) is 16.0 Å². The monoisotopic (exact) mass is 401 g/mol. The van der Waals surface area contributed by atoms with Gasteiger partial charge in [-0.1, -0.05) is 30.1 Å². The van der Waals surface area contributed by atoms with Crippen molar-refractivity contribution in [1.29, 1.82) is 0 Å². The number of rotatable bonds is 5. The number of piperidine rings is 1. The Morgan fingerprint density at radius 2 is 1.88 bits per heavy atom. The molecule has 0 radical (unpaired) electrons. The topological polar surface area (TPSA) is 95.7 Å². The van der Waals surface area contributed by atoms with Gasteiger partial charge in [-0.15, -0.1) is 0 Å². The number of nitrogens with one attached hydrogen (secondary N) is 1. The van der Waals surface area contributed by atoms with E-state index in [9.17, 15) is 14.7 Å². The van der Waals surface area contributed by atoms with Gasteiger partial charge in [-0.05, 0) is 24.8 Å². The Morgan fingerprint density at radius 3 is 2.46 bits per heavy atom. The summed E-state index contributed by atoms with van der Waals surface area (Å²) in [4.78, 5) is 25.3. The molecule has 1 aromatic rings. The van der Waals surface area contributed by atoms with Gasteiger partial charge in [0.1, 0.15) is 5.75 Å². The number of aromatic hydroxyl groups is 1. The van der Waals surface area contributed by atoms with Gasteiger partial charge >= 0.3 is 0 Å². The lowest BCUT2D eigenvalue weighted by molar-refractivity contribution is -0.136. The molecule has 1 aliphatic heterocycles. The van der Waals surface area contributed by atoms with E-state index in [0.29, 0.717) is 30.2 Å². The number of nitrogens with zero attached hydrogens (tertiary/aromatic N) is 1. The predicted octanol–water partition coefficient (Wildman–Crippen LogP) is 2.71. The predicted molar refractivity (Wildman–Crippen MR) is 102 cm³/mol. The minimum atomic E-state index is -0.376. The first kappa shape index (κ1) is 20.8. The molecule has 1 fully saturated rings. The van der Waals surface area contributed by atoms with Crippen molar-refractivity contribution in [2.24, 2.45) is 17.6 Å². The smallest absolute Gasteiger partial charge is 0.227 e. The van der Waals surface area contributed by atoms with Crippen LogP contribution in [0.15, 0.2) is 12.1 Å². The minimum absolute atomic E-state index is 0.0307. The summed E-state index contributed by atoms with van der Waals surface area (Å²) in [6.45, 7) is 4.78. The fourth-order valence-electron chi connectivity index (χ4n) is 3.25. The molecular formula is C18H25Cl2N3O3. The van der Waals surface area contributed by atoms with E-state index < -0.39 is 0 Å². The second-order valence-electron chi connectivity index (χ2n) is 6.85. The molecule has 0 spiro atoms. The van der Waals surface area contributed by atoms with Gasteiger partial charge in [0, 0.05) is 44.2 Å². The van der Waals surface area contributed by atoms with Crippen LogP contribution in [0.2, 0.25) is 10.0 Å². The molecule has 6 nitrogen and oxygen atoms in total. The number of nitrogens with two attached hydrogens (primary N) is 1. The fourth-order valence-corrected chi connectivity index (χ4v) is 3.58. The average Bonchev–Trinajstić information content (AvgIpc) is 2.61. The second kappa shape index (κ2) is 8.93. The van der Waals surface area contributed by atoms with Crippen LogP contribution in [0.4, 0.5) is 0 Å². The summed E-state index contributed by atoms with van der Waals surface area (Å²) in [6.07, 6.45) is 1.47. The molecule has 2 atom stereocenters. The lowest BCUT2D eigenvalue weighted by atomic mass is 9.85. The zero-order valence-electron chi connectivity index (χ0n) is 15.0. The Kier molecular flexibility index (Phi) is 7.15. The van der Waals surface area contributed by atoms with Crippen LogP contribution in [0.25, 0.3) is 0 Å². The summed E-state index contributed by atoms with van der Waals surface area (Å²) in [5.41, 5.74) is 6.91. The molecule has 1 heterocycles. The van der Waals surface area contributed by atoms with Crippen LogP contribution in [0.5, 0.6) is 5.75 Å². The van der Waals surface area contributed by atoms with Crippen LogP contribution >= 0.6 is 23.2 Å². The number of hydrogen-bond acceptors (Lipinski definition) is 4. The number of carbonyl (C=O) groups excluding carboxylic acids is 2. The first-order chi connectivity index (χ1) is 12.2. The van der Waals surface area contributed by atoms with Crippen molar-refractivity contribution in [2.45, 2.75) is 32.7 Å². The quantitative estimate of drug-likeness (QED) is 0.706. The summed E-state index contributed by atoms with van der Waals surface area (Å²) >= 11 is 11.9. The highest BCUT2D eigenvalue weighted by Gasteiger charge is 2.30. The van der Waals surface area contributed by atoms with E-state index in [2.05, 4.69) is 5.32 Å². The Balaban J connectivity index is 1.94. The summed E-state index contributed by atoms with van der Waals surface area (Å²) in [7, 11) is 0. The number of phenolic OH excluding ortho intramolecular Hbond substituents is 1. The van der Waals surface area contributed by atoms with Crippen molar-refractivity contribution in [3.05, 3.63) is 27.7 Å². The number of halogens is 2. The van der Waals surface area contributed by atoms with E-state index in [4.69, 9.17) is 28.9 Å². The van der Waals surface area contributed by atoms with Crippen molar-refractivity contribution >= 4 is 35.0 Å². The van der Waals surface area contributed by atoms with Crippen LogP contribution < -0.4 is 11.1 Å². The third kappa shape index (κ3) is 5.02. The van der Waals surface area contributed by atoms with E-state index in [1.807, 2.05) is 11.8 Å². The normalized spacial score (nSPS) is 17.7. The van der Waals surface area contributed by atoms with Crippen LogP contribution in [-0.4, -0.2) is 41.5 Å². The number of hydrogen-bond donors (Lipinski definition) is 3. The highest BCUT2D eigenvalue weighted by molar-refractivity contribution is 6.42. The molecule has 8 heteroatoms. The SMILES string of the molecule is CC(=O)NCC(C)C(=O)N1CCC(C(N)c2cc(Cl)c(Cl)cc2O)CC1. The van der Waals surface area contributed by atoms with E-state index in [1.165, 1.54) is 13.0 Å². The van der Waals surface area contributed by atoms with Gasteiger partial charge in [0.15, 0.2) is 0 Å². The molecule has 1 saturated heterocycles. The molecule has 0 bridgehead atoms. The molecule has 2 amide bonds. The van der Waals surface area contributed by atoms with E-state index in [0.717, 1.165) is 12.8 Å². The van der Waals surface area contributed by atoms with Crippen molar-refractivity contribution < 1.29 is 14.7 Å². The number of amides is 2. The number of likely N-dealkylation sites (tertiary alicyclic amines) is 1. The molecule has 144 valence electrons. The third-order valence-corrected chi connectivity index (χ3v) is 5.59. The summed E-state index contributed by atoms with van der Waals surface area (Å²) in [5, 5.41) is 13.4. The molecule has 2 rings (SSSR count). The lowest BCUT2D eigenvalue weighted by Crippen LogP contribution is -2.45. The lowest BCUT2D eigenvalue weighted by Gasteiger charge is -2.36. The van der Waals surface area contributed by atoms with Crippen molar-refractivity contribution in [2.75, 3.05) is 19.6 Å². The molecule has 0 aromatic heterocycles. The fraction of sp³-hybridized carbons (Fsp3) is 0.556. The largest absolute Gasteiger partial charge is 0.508 e. The van der Waals surface area contributed by atoms with Gasteiger partial charge in [-0.25, -0.2) is 0 Å². The van der Waals surface area contributed by atoms with Crippen LogP contribution in [-0.2, 0) is 9.59 Å². The van der Waals surface area contributed by atoms with Crippen molar-refractivity contribution in [3.63, 3.8) is 0 Å². The molecule has 2 unspecified atom stereocenters. The standard InChI is InChI=1S/C18H25Cl2N3O3/c1-10(9-22-11(2)24)18(26)23-5-3-12(4-6-23)17(21)13-7-14(19)15(20)8-16(13)25/h7-8,10,12,17,25H,3-6,9,21H2,1-2H3,(H,22,24). The van der Waals surface area contributed by atoms with Crippen molar-refractivity contribution in [1.82, 2.24) is 10.2 Å². The molecule has 0 saturated carbocycles. The van der Waals surface area contributed by atoms with Gasteiger partial charge in [-0.2, -0.15) is 0 Å². The Bertz CT molecular complexity index is 676. The molecular weight excluding hydrogens is 377 g/mol. The van der Waals surface area contributed by atoms with Crippen LogP contribution in [0, 0.1) is 11.8 Å². The molecule has 1 aliphatic rings. The number of phenols is 1. The summed E-state index contributed by atoms with van der Waals surface area (Å²) in [6, 6.07) is 2.64. The summed E-state index contributed by atoms with van der Waals surface area (Å²) < 4.78 is 0. The molecule has 26 heavy (non-hydrogen) atoms. The van der Waals surface area contributed by atoms with Gasteiger partial charge < -0.3 is 21.1 Å². The van der Waals surface area contributed by atoms with E-state index in [-0.39, 0.29) is 40.5 Å². The first-order valence-electron chi connectivity index (χ1n) is 8.67. The average molecular weight is 402 g/mol. The highest BCUT2D eigenvalue weighted by atomic mass is 35.5. The van der Waals surface area contributed by atoms with Crippen molar-refractivity contribution in [3.8, 4) is 5.75 Å². The van der Waals surface area contributed by atoms with Gasteiger partial charge in [0.2, 0.25) is 11.8 Å². The van der Waals surface area contributed by atoms with E-state index in [1.54, 1.807) is 6.07 Å². The third-order valence-electron chi connectivity index (χ3n) is 4.87. The van der Waals surface area contributed by atoms with Crippen LogP contribution in [0.1, 0.15) is 38.3 Å². The zero-order valence-corrected chi connectivity index (χ0v) is 16.5. The Morgan fingerprint density at radius 1 is 1.31 bits per heavy atom. The zero-order chi connectivity index (χ0) is 19.4. The van der Waals surface area contributed by atoms with E-state index >= 15 is 0 Å². The number of benzene rings is 1. The maximum Gasteiger partial charge on any atom is 0.227 e. The Hall–Kier alpha value is -1.50. The Labute approximate surface area is 163 Å². The molecule has 0 aliphatic carbocycles. The maximum atomic E-state index is 12.5. The second-order valence-corrected chi connectivity index (χ2v) is 7.67. The maximum absolute atomic E-state index is 12.5. The highest BCUT2D eigenvalue weighted by Crippen LogP contribution is 2.37. The van der Waals surface area contributed by atoms with Gasteiger partial charge in [0.25, 0.3) is 0 Å².